The van der Waals surface area contributed by atoms with Crippen molar-refractivity contribution in [3.8, 4) is 0 Å². The van der Waals surface area contributed by atoms with Gasteiger partial charge < -0.3 is 10.6 Å². The molecule has 1 rings (SSSR count). The molecule has 2 amide bonds. The maximum atomic E-state index is 10.5. The number of nitrogens with one attached hydrogen (secondary N) is 2. The van der Waals surface area contributed by atoms with Crippen molar-refractivity contribution in [1.82, 2.24) is 10.6 Å². The Balaban J connectivity index is 2.48. The summed E-state index contributed by atoms with van der Waals surface area (Å²) in [5.74, 6) is -0.00616. The topological polar surface area (TPSA) is 58.2 Å². The lowest BCUT2D eigenvalue weighted by atomic mass is 10.2. The molecule has 1 atom stereocenters. The number of carbonyl (C=O) groups excluding carboxylic acids is 2. The van der Waals surface area contributed by atoms with Crippen molar-refractivity contribution in [1.29, 1.82) is 0 Å². The lowest BCUT2D eigenvalue weighted by Gasteiger charge is -1.99. The van der Waals surface area contributed by atoms with Gasteiger partial charge in [-0.2, -0.15) is 0 Å². The number of rotatable bonds is 1. The van der Waals surface area contributed by atoms with Gasteiger partial charge in [0.05, 0.1) is 0 Å². The summed E-state index contributed by atoms with van der Waals surface area (Å²) in [7, 11) is 0. The molecule has 4 nitrogen and oxygen atoms in total. The quantitative estimate of drug-likeness (QED) is 0.488. The van der Waals surface area contributed by atoms with Gasteiger partial charge in [-0.05, 0) is 6.92 Å². The van der Waals surface area contributed by atoms with Gasteiger partial charge in [-0.1, -0.05) is 0 Å². The van der Waals surface area contributed by atoms with Gasteiger partial charge in [-0.3, -0.25) is 4.79 Å². The number of hydrogen-bond acceptors (Lipinski definition) is 2. The smallest absolute Gasteiger partial charge is 0.315 e. The van der Waals surface area contributed by atoms with Gasteiger partial charge in [0.2, 0.25) is 0 Å². The summed E-state index contributed by atoms with van der Waals surface area (Å²) in [4.78, 5) is 20.9. The summed E-state index contributed by atoms with van der Waals surface area (Å²) < 4.78 is 0. The Hall–Kier alpha value is -1.06. The Kier molecular flexibility index (Phi) is 1.38. The molecule has 0 saturated carbocycles. The third-order valence-electron chi connectivity index (χ3n) is 1.26. The number of carbonyl (C=O) groups is 2. The number of urea groups is 1. The Bertz CT molecular complexity index is 155. The average molecular weight is 128 g/mol. The zero-order chi connectivity index (χ0) is 6.85. The maximum absolute atomic E-state index is 10.5. The molecule has 0 aliphatic carbocycles. The molecule has 0 aromatic rings. The Morgan fingerprint density at radius 2 is 2.44 bits per heavy atom. The van der Waals surface area contributed by atoms with Crippen LogP contribution in [0.2, 0.25) is 0 Å². The highest BCUT2D eigenvalue weighted by molar-refractivity contribution is 5.90. The standard InChI is InChI=1S/C5H8N2O2/c1-3(8)4-2-6-5(9)7-4/h4H,2H2,1H3,(H2,6,7,9)/t4-/m1/s1. The molecule has 0 aromatic carbocycles. The van der Waals surface area contributed by atoms with Crippen molar-refractivity contribution in [2.45, 2.75) is 13.0 Å². The van der Waals surface area contributed by atoms with E-state index < -0.39 is 0 Å². The minimum atomic E-state index is -0.308. The van der Waals surface area contributed by atoms with Crippen LogP contribution in [-0.4, -0.2) is 24.4 Å². The van der Waals surface area contributed by atoms with Gasteiger partial charge in [0, 0.05) is 6.54 Å². The Labute approximate surface area is 52.6 Å². The van der Waals surface area contributed by atoms with Gasteiger partial charge in [0.1, 0.15) is 6.04 Å². The minimum absolute atomic E-state index is 0.00616. The largest absolute Gasteiger partial charge is 0.336 e. The van der Waals surface area contributed by atoms with E-state index in [0.29, 0.717) is 6.54 Å². The molecule has 2 N–H and O–H groups in total. The van der Waals surface area contributed by atoms with Crippen LogP contribution in [0, 0.1) is 0 Å². The van der Waals surface area contributed by atoms with E-state index in [-0.39, 0.29) is 17.9 Å². The highest BCUT2D eigenvalue weighted by Gasteiger charge is 2.22. The summed E-state index contributed by atoms with van der Waals surface area (Å²) in [6.07, 6.45) is 0. The fraction of sp³-hybridized carbons (Fsp3) is 0.600. The molecular formula is C5H8N2O2. The number of Topliss-reactive ketones (excluding diaryl/α,β-unsaturated/α-hetero) is 1. The molecular weight excluding hydrogens is 120 g/mol. The van der Waals surface area contributed by atoms with E-state index in [9.17, 15) is 9.59 Å². The second-order valence-electron chi connectivity index (χ2n) is 2.02. The van der Waals surface area contributed by atoms with Crippen LogP contribution in [0.25, 0.3) is 0 Å². The molecule has 50 valence electrons. The molecule has 1 fully saturated rings. The minimum Gasteiger partial charge on any atom is -0.336 e. The van der Waals surface area contributed by atoms with Crippen molar-refractivity contribution < 1.29 is 9.59 Å². The van der Waals surface area contributed by atoms with E-state index in [0.717, 1.165) is 0 Å². The lowest BCUT2D eigenvalue weighted by molar-refractivity contribution is -0.118. The van der Waals surface area contributed by atoms with Gasteiger partial charge >= 0.3 is 6.03 Å². The zero-order valence-electron chi connectivity index (χ0n) is 5.10. The Morgan fingerprint density at radius 3 is 2.67 bits per heavy atom. The third-order valence-corrected chi connectivity index (χ3v) is 1.26. The lowest BCUT2D eigenvalue weighted by Crippen LogP contribution is -2.32. The molecule has 1 aliphatic rings. The summed E-state index contributed by atoms with van der Waals surface area (Å²) in [5.41, 5.74) is 0. The van der Waals surface area contributed by atoms with Crippen molar-refractivity contribution >= 4 is 11.8 Å². The molecule has 0 aromatic heterocycles. The van der Waals surface area contributed by atoms with E-state index in [1.807, 2.05) is 0 Å². The van der Waals surface area contributed by atoms with Crippen molar-refractivity contribution in [2.24, 2.45) is 0 Å². The second kappa shape index (κ2) is 2.05. The monoisotopic (exact) mass is 128 g/mol. The summed E-state index contributed by atoms with van der Waals surface area (Å²) in [5, 5.41) is 4.93. The molecule has 1 saturated heterocycles. The molecule has 0 spiro atoms. The first-order chi connectivity index (χ1) is 4.20. The van der Waals surface area contributed by atoms with Crippen molar-refractivity contribution in [3.63, 3.8) is 0 Å². The number of amides is 2. The first kappa shape index (κ1) is 6.07. The molecule has 0 radical (unpaired) electrons. The second-order valence-corrected chi connectivity index (χ2v) is 2.02. The molecule has 4 heteroatoms. The Morgan fingerprint density at radius 1 is 1.78 bits per heavy atom. The predicted molar refractivity (Wildman–Crippen MR) is 31.0 cm³/mol. The molecule has 0 bridgehead atoms. The highest BCUT2D eigenvalue weighted by atomic mass is 16.2. The van der Waals surface area contributed by atoms with Gasteiger partial charge in [-0.15, -0.1) is 0 Å². The summed E-state index contributed by atoms with van der Waals surface area (Å²) in [6.45, 7) is 1.88. The number of hydrogen-bond donors (Lipinski definition) is 2. The van der Waals surface area contributed by atoms with E-state index in [1.165, 1.54) is 6.92 Å². The van der Waals surface area contributed by atoms with Crippen LogP contribution in [0.15, 0.2) is 0 Å². The maximum Gasteiger partial charge on any atom is 0.315 e. The van der Waals surface area contributed by atoms with Gasteiger partial charge in [-0.25, -0.2) is 4.79 Å². The molecule has 1 aliphatic heterocycles. The van der Waals surface area contributed by atoms with Gasteiger partial charge in [0.25, 0.3) is 0 Å². The van der Waals surface area contributed by atoms with Crippen LogP contribution in [0.1, 0.15) is 6.92 Å². The zero-order valence-corrected chi connectivity index (χ0v) is 5.10. The van der Waals surface area contributed by atoms with Crippen LogP contribution in [0.3, 0.4) is 0 Å². The van der Waals surface area contributed by atoms with Crippen LogP contribution in [0.5, 0.6) is 0 Å². The van der Waals surface area contributed by atoms with E-state index in [4.69, 9.17) is 0 Å². The van der Waals surface area contributed by atoms with Crippen LogP contribution >= 0.6 is 0 Å². The van der Waals surface area contributed by atoms with Crippen molar-refractivity contribution in [3.05, 3.63) is 0 Å². The molecule has 0 unspecified atom stereocenters. The molecule has 9 heavy (non-hydrogen) atoms. The summed E-state index contributed by atoms with van der Waals surface area (Å²) >= 11 is 0. The first-order valence-electron chi connectivity index (χ1n) is 2.75. The third kappa shape index (κ3) is 1.19. The van der Waals surface area contributed by atoms with E-state index in [2.05, 4.69) is 10.6 Å². The van der Waals surface area contributed by atoms with E-state index >= 15 is 0 Å². The molecule has 1 heterocycles. The van der Waals surface area contributed by atoms with Crippen LogP contribution in [0.4, 0.5) is 4.79 Å². The fourth-order valence-corrected chi connectivity index (χ4v) is 0.700. The normalized spacial score (nSPS) is 25.0. The SMILES string of the molecule is CC(=O)[C@H]1CNC(=O)N1. The summed E-state index contributed by atoms with van der Waals surface area (Å²) in [6, 6.07) is -0.562. The average Bonchev–Trinajstić information content (AvgIpc) is 2.14. The van der Waals surface area contributed by atoms with E-state index in [1.54, 1.807) is 0 Å². The first-order valence-corrected chi connectivity index (χ1v) is 2.75. The predicted octanol–water partition coefficient (Wildman–Crippen LogP) is -0.743. The van der Waals surface area contributed by atoms with Crippen LogP contribution < -0.4 is 10.6 Å². The van der Waals surface area contributed by atoms with Gasteiger partial charge in [0.15, 0.2) is 5.78 Å². The fourth-order valence-electron chi connectivity index (χ4n) is 0.700. The van der Waals surface area contributed by atoms with Crippen molar-refractivity contribution in [2.75, 3.05) is 6.54 Å². The number of ketones is 1. The highest BCUT2D eigenvalue weighted by Crippen LogP contribution is 1.90. The van der Waals surface area contributed by atoms with Crippen LogP contribution in [-0.2, 0) is 4.79 Å².